The molecule has 1 aliphatic carbocycles. The Morgan fingerprint density at radius 2 is 1.84 bits per heavy atom. The molecule has 0 spiro atoms. The Labute approximate surface area is 218 Å². The van der Waals surface area contributed by atoms with Crippen molar-refractivity contribution in [3.05, 3.63) is 47.7 Å². The Morgan fingerprint density at radius 3 is 2.47 bits per heavy atom. The lowest BCUT2D eigenvalue weighted by Crippen LogP contribution is -2.61. The van der Waals surface area contributed by atoms with Gasteiger partial charge in [0, 0.05) is 18.4 Å². The molecule has 4 rings (SSSR count). The summed E-state index contributed by atoms with van der Waals surface area (Å²) in [4.78, 5) is 24.3. The van der Waals surface area contributed by atoms with Crippen molar-refractivity contribution in [3.63, 3.8) is 0 Å². The van der Waals surface area contributed by atoms with Crippen LogP contribution in [0.15, 0.2) is 42.2 Å². The molecule has 5 N–H and O–H groups in total. The van der Waals surface area contributed by atoms with Crippen LogP contribution < -0.4 is 4.74 Å². The van der Waals surface area contributed by atoms with Gasteiger partial charge in [0.2, 0.25) is 6.29 Å². The van der Waals surface area contributed by atoms with Gasteiger partial charge in [-0.05, 0) is 23.8 Å². The summed E-state index contributed by atoms with van der Waals surface area (Å²) in [6.45, 7) is 1.03. The first-order valence-electron chi connectivity index (χ1n) is 12.1. The van der Waals surface area contributed by atoms with Crippen molar-refractivity contribution >= 4 is 18.3 Å². The zero-order valence-corrected chi connectivity index (χ0v) is 20.8. The largest absolute Gasteiger partial charge is 0.497 e. The summed E-state index contributed by atoms with van der Waals surface area (Å²) >= 11 is 0. The highest BCUT2D eigenvalue weighted by atomic mass is 16.8. The van der Waals surface area contributed by atoms with Crippen molar-refractivity contribution in [3.8, 4) is 5.75 Å². The van der Waals surface area contributed by atoms with Gasteiger partial charge in [0.15, 0.2) is 12.6 Å². The third-order valence-corrected chi connectivity index (χ3v) is 7.38. The second kappa shape index (κ2) is 11.5. The maximum atomic E-state index is 12.6. The Kier molecular flexibility index (Phi) is 8.52. The van der Waals surface area contributed by atoms with Gasteiger partial charge in [0.25, 0.3) is 0 Å². The summed E-state index contributed by atoms with van der Waals surface area (Å²) in [6, 6.07) is 7.01. The van der Waals surface area contributed by atoms with Crippen LogP contribution in [0.2, 0.25) is 0 Å². The number of aliphatic hydroxyl groups excluding tert-OH is 4. The molecule has 1 aromatic carbocycles. The summed E-state index contributed by atoms with van der Waals surface area (Å²) < 4.78 is 27.4. The molecule has 38 heavy (non-hydrogen) atoms. The second-order valence-electron chi connectivity index (χ2n) is 9.62. The van der Waals surface area contributed by atoms with Crippen LogP contribution in [-0.4, -0.2) is 100 Å². The predicted octanol–water partition coefficient (Wildman–Crippen LogP) is -0.737. The summed E-state index contributed by atoms with van der Waals surface area (Å²) in [5.41, 5.74) is -1.12. The highest BCUT2D eigenvalue weighted by molar-refractivity contribution is 5.87. The maximum Gasteiger partial charge on any atom is 0.331 e. The highest BCUT2D eigenvalue weighted by Gasteiger charge is 2.61. The van der Waals surface area contributed by atoms with E-state index in [0.29, 0.717) is 12.0 Å². The normalized spacial score (nSPS) is 38.7. The molecule has 1 saturated heterocycles. The topological polar surface area (TPSA) is 181 Å². The van der Waals surface area contributed by atoms with Crippen LogP contribution in [0.25, 0.3) is 6.08 Å². The van der Waals surface area contributed by atoms with Crippen molar-refractivity contribution in [1.82, 2.24) is 0 Å². The fourth-order valence-electron chi connectivity index (χ4n) is 5.18. The molecule has 0 amide bonds. The monoisotopic (exact) mass is 536 g/mol. The molecule has 1 saturated carbocycles. The fourth-order valence-corrected chi connectivity index (χ4v) is 5.18. The molecule has 2 heterocycles. The van der Waals surface area contributed by atoms with Crippen LogP contribution in [0, 0.1) is 11.8 Å². The number of carbonyl (C=O) groups is 2. The van der Waals surface area contributed by atoms with E-state index >= 15 is 0 Å². The molecule has 208 valence electrons. The van der Waals surface area contributed by atoms with E-state index in [4.69, 9.17) is 23.7 Å². The lowest BCUT2D eigenvalue weighted by molar-refractivity contribution is -0.346. The Balaban J connectivity index is 1.49. The zero-order chi connectivity index (χ0) is 27.6. The van der Waals surface area contributed by atoms with E-state index < -0.39 is 73.1 Å². The smallest absolute Gasteiger partial charge is 0.331 e. The number of carbonyl (C=O) groups excluding carboxylic acids is 2. The van der Waals surface area contributed by atoms with Gasteiger partial charge in [0.1, 0.15) is 41.9 Å². The number of benzene rings is 1. The van der Waals surface area contributed by atoms with Gasteiger partial charge in [-0.3, -0.25) is 4.79 Å². The van der Waals surface area contributed by atoms with E-state index in [9.17, 15) is 35.1 Å². The van der Waals surface area contributed by atoms with Crippen molar-refractivity contribution in [2.24, 2.45) is 11.8 Å². The molecule has 0 unspecified atom stereocenters. The number of esters is 1. The lowest BCUT2D eigenvalue weighted by Gasteiger charge is -2.44. The first-order valence-corrected chi connectivity index (χ1v) is 12.1. The third-order valence-electron chi connectivity index (χ3n) is 7.38. The number of hydrogen-bond acceptors (Lipinski definition) is 12. The van der Waals surface area contributed by atoms with Crippen LogP contribution in [0.1, 0.15) is 18.9 Å². The zero-order valence-electron chi connectivity index (χ0n) is 20.8. The van der Waals surface area contributed by atoms with Gasteiger partial charge in [-0.15, -0.1) is 0 Å². The number of ether oxygens (including phenoxy) is 5. The van der Waals surface area contributed by atoms with Gasteiger partial charge in [-0.25, -0.2) is 4.79 Å². The van der Waals surface area contributed by atoms with E-state index in [0.717, 1.165) is 11.8 Å². The molecule has 12 heteroatoms. The van der Waals surface area contributed by atoms with E-state index in [1.807, 2.05) is 0 Å². The molecule has 0 bridgehead atoms. The SMILES string of the molecule is COc1ccc(C=CC(=O)O[C@H]2C[C@]3(O)C(C=O)=CO[C@@H](O[C@@H]4O[C@H](CO)[C@@H](O)[C@H](O)[C@H]4O)[C@@H]3[C@H]2C)cc1. The average Bonchev–Trinajstić information content (AvgIpc) is 3.18. The third kappa shape index (κ3) is 5.34. The minimum atomic E-state index is -1.79. The standard InChI is InChI=1S/C26H32O12/c1-13-17(36-19(29)8-5-14-3-6-16(34-2)7-4-14)9-26(33)15(10-27)12-35-24(20(13)26)38-25-23(32)22(31)21(30)18(11-28)37-25/h3-8,10,12-13,17-18,20-25,28,30-33H,9,11H2,1-2H3/t13-,17-,18+,20-,21+,22-,23+,24-,25-,26-/m0/s1. The molecule has 3 aliphatic rings. The number of hydrogen-bond donors (Lipinski definition) is 5. The summed E-state index contributed by atoms with van der Waals surface area (Å²) in [5, 5.41) is 51.4. The van der Waals surface area contributed by atoms with Crippen LogP contribution in [0.3, 0.4) is 0 Å². The Morgan fingerprint density at radius 1 is 1.13 bits per heavy atom. The van der Waals surface area contributed by atoms with Gasteiger partial charge >= 0.3 is 5.97 Å². The van der Waals surface area contributed by atoms with E-state index in [1.54, 1.807) is 44.4 Å². The van der Waals surface area contributed by atoms with Crippen molar-refractivity contribution < 1.29 is 58.8 Å². The number of aliphatic hydroxyl groups is 5. The number of aldehydes is 1. The van der Waals surface area contributed by atoms with Crippen molar-refractivity contribution in [2.75, 3.05) is 13.7 Å². The maximum absolute atomic E-state index is 12.6. The minimum absolute atomic E-state index is 0.0738. The number of rotatable bonds is 8. The number of fused-ring (bicyclic) bond motifs is 1. The molecule has 2 aliphatic heterocycles. The van der Waals surface area contributed by atoms with Crippen molar-refractivity contribution in [2.45, 2.75) is 62.0 Å². The van der Waals surface area contributed by atoms with E-state index in [1.165, 1.54) is 6.08 Å². The Hall–Kier alpha value is -2.84. The lowest BCUT2D eigenvalue weighted by atomic mass is 9.79. The predicted molar refractivity (Wildman–Crippen MR) is 128 cm³/mol. The quantitative estimate of drug-likeness (QED) is 0.160. The molecule has 0 aromatic heterocycles. The molecular formula is C26H32O12. The van der Waals surface area contributed by atoms with Crippen LogP contribution in [0.4, 0.5) is 0 Å². The molecule has 12 nitrogen and oxygen atoms in total. The van der Waals surface area contributed by atoms with Gasteiger partial charge in [0.05, 0.1) is 31.5 Å². The molecular weight excluding hydrogens is 504 g/mol. The molecule has 2 fully saturated rings. The van der Waals surface area contributed by atoms with Crippen LogP contribution >= 0.6 is 0 Å². The second-order valence-corrected chi connectivity index (χ2v) is 9.62. The summed E-state index contributed by atoms with van der Waals surface area (Å²) in [6.07, 6.45) is -5.68. The van der Waals surface area contributed by atoms with Gasteiger partial charge in [-0.1, -0.05) is 19.1 Å². The molecule has 0 radical (unpaired) electrons. The molecule has 1 aromatic rings. The van der Waals surface area contributed by atoms with Crippen LogP contribution in [0.5, 0.6) is 5.75 Å². The summed E-state index contributed by atoms with van der Waals surface area (Å²) in [7, 11) is 1.55. The van der Waals surface area contributed by atoms with Gasteiger partial charge in [-0.2, -0.15) is 0 Å². The van der Waals surface area contributed by atoms with Gasteiger partial charge < -0.3 is 49.2 Å². The van der Waals surface area contributed by atoms with Crippen LogP contribution in [-0.2, 0) is 28.5 Å². The molecule has 10 atom stereocenters. The van der Waals surface area contributed by atoms with Crippen molar-refractivity contribution in [1.29, 1.82) is 0 Å². The first-order chi connectivity index (χ1) is 18.1. The number of methoxy groups -OCH3 is 1. The minimum Gasteiger partial charge on any atom is -0.497 e. The highest BCUT2D eigenvalue weighted by Crippen LogP contribution is 2.50. The fraction of sp³-hybridized carbons (Fsp3) is 0.538. The Bertz CT molecular complexity index is 1050. The first kappa shape index (κ1) is 28.2. The summed E-state index contributed by atoms with van der Waals surface area (Å²) in [5.74, 6) is -1.52. The average molecular weight is 537 g/mol. The van der Waals surface area contributed by atoms with E-state index in [-0.39, 0.29) is 12.0 Å². The van der Waals surface area contributed by atoms with E-state index in [2.05, 4.69) is 0 Å².